The molecule has 2 heterocycles. The van der Waals surface area contributed by atoms with Gasteiger partial charge in [-0.05, 0) is 45.9 Å². The Morgan fingerprint density at radius 1 is 1.40 bits per heavy atom. The minimum Gasteiger partial charge on any atom is -0.487 e. The summed E-state index contributed by atoms with van der Waals surface area (Å²) in [4.78, 5) is 12.5. The number of hydrogen-bond donors (Lipinski definition) is 2. The summed E-state index contributed by atoms with van der Waals surface area (Å²) < 4.78 is 11.1. The lowest BCUT2D eigenvalue weighted by Crippen LogP contribution is -2.41. The minimum atomic E-state index is -0.357. The number of carbonyl (C=O) groups is 1. The van der Waals surface area contributed by atoms with Crippen LogP contribution in [0.15, 0.2) is 22.7 Å². The molecule has 1 atom stereocenters. The third-order valence-corrected chi connectivity index (χ3v) is 4.34. The molecule has 0 saturated heterocycles. The number of nitrogens with one attached hydrogen (secondary N) is 1. The first-order valence-electron chi connectivity index (χ1n) is 8.05. The molecule has 0 aliphatic carbocycles. The van der Waals surface area contributed by atoms with Crippen LogP contribution in [0.4, 0.5) is 5.69 Å². The fraction of sp³-hybridized carbons (Fsp3) is 0.444. The van der Waals surface area contributed by atoms with Gasteiger partial charge in [0.05, 0.1) is 18.2 Å². The summed E-state index contributed by atoms with van der Waals surface area (Å²) in [7, 11) is 0. The number of aromatic nitrogens is 1. The summed E-state index contributed by atoms with van der Waals surface area (Å²) in [5, 5.41) is 7.00. The standard InChI is InChI=1S/C18H23N3O3.ClH/c1-10-13(11(2)24-21-10)8-17(22)20-15-9-18(3,4)23-16-6-5-12(19)7-14(15)16;/h5-7,15H,8-9,19H2,1-4H3,(H,20,22);1H. The van der Waals surface area contributed by atoms with Crippen molar-refractivity contribution in [2.75, 3.05) is 5.73 Å². The summed E-state index contributed by atoms with van der Waals surface area (Å²) in [6, 6.07) is 5.40. The van der Waals surface area contributed by atoms with E-state index in [-0.39, 0.29) is 36.4 Å². The monoisotopic (exact) mass is 365 g/mol. The molecule has 2 aromatic rings. The quantitative estimate of drug-likeness (QED) is 0.815. The number of halogens is 1. The molecule has 1 aliphatic heterocycles. The van der Waals surface area contributed by atoms with E-state index in [0.717, 1.165) is 22.6 Å². The van der Waals surface area contributed by atoms with Gasteiger partial charge in [0, 0.05) is 23.2 Å². The molecule has 136 valence electrons. The molecule has 3 N–H and O–H groups in total. The third kappa shape index (κ3) is 4.07. The maximum atomic E-state index is 12.5. The van der Waals surface area contributed by atoms with E-state index in [1.807, 2.05) is 45.9 Å². The van der Waals surface area contributed by atoms with Gasteiger partial charge in [-0.15, -0.1) is 12.4 Å². The molecular formula is C18H24ClN3O3. The van der Waals surface area contributed by atoms with E-state index in [1.54, 1.807) is 0 Å². The average Bonchev–Trinajstić information content (AvgIpc) is 2.79. The highest BCUT2D eigenvalue weighted by Crippen LogP contribution is 2.40. The van der Waals surface area contributed by atoms with E-state index in [1.165, 1.54) is 0 Å². The molecule has 1 unspecified atom stereocenters. The lowest BCUT2D eigenvalue weighted by Gasteiger charge is -2.38. The smallest absolute Gasteiger partial charge is 0.225 e. The van der Waals surface area contributed by atoms with Gasteiger partial charge in [0.25, 0.3) is 0 Å². The molecule has 0 saturated carbocycles. The number of hydrogen-bond acceptors (Lipinski definition) is 5. The Labute approximate surface area is 153 Å². The van der Waals surface area contributed by atoms with Gasteiger partial charge in [-0.2, -0.15) is 0 Å². The number of amides is 1. The van der Waals surface area contributed by atoms with Gasteiger partial charge in [0.15, 0.2) is 0 Å². The Morgan fingerprint density at radius 2 is 2.12 bits per heavy atom. The van der Waals surface area contributed by atoms with Crippen LogP contribution in [0.3, 0.4) is 0 Å². The molecule has 25 heavy (non-hydrogen) atoms. The van der Waals surface area contributed by atoms with Crippen molar-refractivity contribution in [3.05, 3.63) is 40.8 Å². The van der Waals surface area contributed by atoms with E-state index in [2.05, 4.69) is 10.5 Å². The van der Waals surface area contributed by atoms with Crippen LogP contribution in [-0.4, -0.2) is 16.7 Å². The maximum absolute atomic E-state index is 12.5. The van der Waals surface area contributed by atoms with Crippen molar-refractivity contribution in [3.8, 4) is 5.75 Å². The summed E-state index contributed by atoms with van der Waals surface area (Å²) >= 11 is 0. The van der Waals surface area contributed by atoms with Crippen LogP contribution in [0, 0.1) is 13.8 Å². The normalized spacial score (nSPS) is 17.8. The molecule has 3 rings (SSSR count). The molecule has 0 bridgehead atoms. The van der Waals surface area contributed by atoms with Crippen LogP contribution in [0.25, 0.3) is 0 Å². The highest BCUT2D eigenvalue weighted by atomic mass is 35.5. The first-order chi connectivity index (χ1) is 11.2. The summed E-state index contributed by atoms with van der Waals surface area (Å²) in [6.45, 7) is 7.68. The molecule has 1 amide bonds. The first-order valence-corrected chi connectivity index (χ1v) is 8.05. The number of ether oxygens (including phenoxy) is 1. The van der Waals surface area contributed by atoms with E-state index in [0.29, 0.717) is 17.9 Å². The number of benzene rings is 1. The summed E-state index contributed by atoms with van der Waals surface area (Å²) in [5.41, 5.74) is 8.71. The van der Waals surface area contributed by atoms with E-state index < -0.39 is 0 Å². The zero-order valence-corrected chi connectivity index (χ0v) is 15.7. The van der Waals surface area contributed by atoms with Crippen LogP contribution in [-0.2, 0) is 11.2 Å². The van der Waals surface area contributed by atoms with Crippen molar-refractivity contribution >= 4 is 24.0 Å². The third-order valence-electron chi connectivity index (χ3n) is 4.34. The molecule has 0 fully saturated rings. The van der Waals surface area contributed by atoms with Crippen molar-refractivity contribution in [1.82, 2.24) is 10.5 Å². The van der Waals surface area contributed by atoms with Crippen LogP contribution >= 0.6 is 12.4 Å². The summed E-state index contributed by atoms with van der Waals surface area (Å²) in [5.74, 6) is 1.38. The molecule has 1 aromatic heterocycles. The number of anilines is 1. The Hall–Kier alpha value is -2.21. The molecule has 6 nitrogen and oxygen atoms in total. The van der Waals surface area contributed by atoms with Crippen molar-refractivity contribution in [2.45, 2.75) is 52.2 Å². The number of rotatable bonds is 3. The van der Waals surface area contributed by atoms with Crippen molar-refractivity contribution in [3.63, 3.8) is 0 Å². The predicted octanol–water partition coefficient (Wildman–Crippen LogP) is 3.26. The topological polar surface area (TPSA) is 90.4 Å². The van der Waals surface area contributed by atoms with Gasteiger partial charge in [-0.3, -0.25) is 4.79 Å². The Morgan fingerprint density at radius 3 is 2.76 bits per heavy atom. The zero-order valence-electron chi connectivity index (χ0n) is 14.9. The number of nitrogens with two attached hydrogens (primary N) is 1. The van der Waals surface area contributed by atoms with E-state index >= 15 is 0 Å². The molecular weight excluding hydrogens is 342 g/mol. The Balaban J connectivity index is 0.00000225. The Bertz CT molecular complexity index is 766. The second-order valence-corrected chi connectivity index (χ2v) is 6.96. The SMILES string of the molecule is Cc1noc(C)c1CC(=O)NC1CC(C)(C)Oc2ccc(N)cc21.Cl. The van der Waals surface area contributed by atoms with Crippen molar-refractivity contribution in [2.24, 2.45) is 0 Å². The van der Waals surface area contributed by atoms with Crippen LogP contribution in [0.2, 0.25) is 0 Å². The molecule has 1 aliphatic rings. The Kier molecular flexibility index (Phi) is 5.32. The largest absolute Gasteiger partial charge is 0.487 e. The molecule has 1 aromatic carbocycles. The van der Waals surface area contributed by atoms with Gasteiger partial charge in [0.2, 0.25) is 5.91 Å². The number of fused-ring (bicyclic) bond motifs is 1. The lowest BCUT2D eigenvalue weighted by molar-refractivity contribution is -0.121. The summed E-state index contributed by atoms with van der Waals surface area (Å²) in [6.07, 6.45) is 0.924. The highest BCUT2D eigenvalue weighted by Gasteiger charge is 2.34. The molecule has 0 radical (unpaired) electrons. The van der Waals surface area contributed by atoms with Crippen molar-refractivity contribution in [1.29, 1.82) is 0 Å². The van der Waals surface area contributed by atoms with E-state index in [4.69, 9.17) is 15.0 Å². The van der Waals surface area contributed by atoms with Crippen LogP contribution in [0.5, 0.6) is 5.75 Å². The van der Waals surface area contributed by atoms with Crippen LogP contribution in [0.1, 0.15) is 48.9 Å². The number of aryl methyl sites for hydroxylation is 2. The van der Waals surface area contributed by atoms with Gasteiger partial charge in [-0.1, -0.05) is 5.16 Å². The van der Waals surface area contributed by atoms with Gasteiger partial charge < -0.3 is 20.3 Å². The fourth-order valence-corrected chi connectivity index (χ4v) is 3.16. The lowest BCUT2D eigenvalue weighted by atomic mass is 9.89. The minimum absolute atomic E-state index is 0. The second kappa shape index (κ2) is 6.96. The highest BCUT2D eigenvalue weighted by molar-refractivity contribution is 5.85. The number of nitrogen functional groups attached to an aromatic ring is 1. The maximum Gasteiger partial charge on any atom is 0.225 e. The van der Waals surface area contributed by atoms with Gasteiger partial charge >= 0.3 is 0 Å². The van der Waals surface area contributed by atoms with Gasteiger partial charge in [0.1, 0.15) is 17.1 Å². The average molecular weight is 366 g/mol. The van der Waals surface area contributed by atoms with Crippen LogP contribution < -0.4 is 15.8 Å². The zero-order chi connectivity index (χ0) is 17.5. The van der Waals surface area contributed by atoms with Crippen molar-refractivity contribution < 1.29 is 14.1 Å². The fourth-order valence-electron chi connectivity index (χ4n) is 3.16. The molecule has 7 heteroatoms. The predicted molar refractivity (Wildman–Crippen MR) is 98.0 cm³/mol. The molecule has 0 spiro atoms. The number of nitrogens with zero attached hydrogens (tertiary/aromatic N) is 1. The van der Waals surface area contributed by atoms with Gasteiger partial charge in [-0.25, -0.2) is 0 Å². The first kappa shape index (κ1) is 19.1. The van der Waals surface area contributed by atoms with E-state index in [9.17, 15) is 4.79 Å². The number of carbonyl (C=O) groups excluding carboxylic acids is 1. The second-order valence-electron chi connectivity index (χ2n) is 6.96.